The van der Waals surface area contributed by atoms with E-state index < -0.39 is 0 Å². The van der Waals surface area contributed by atoms with Gasteiger partial charge in [-0.3, -0.25) is 0 Å². The largest absolute Gasteiger partial charge is 0.457 e. The van der Waals surface area contributed by atoms with E-state index in [1.807, 2.05) is 32.2 Å². The van der Waals surface area contributed by atoms with E-state index in [1.54, 1.807) is 36.0 Å². The molecular weight excluding hydrogens is 464 g/mol. The number of rotatable bonds is 7. The summed E-state index contributed by atoms with van der Waals surface area (Å²) in [5, 5.41) is 8.84. The van der Waals surface area contributed by atoms with Crippen LogP contribution in [-0.2, 0) is 4.74 Å². The van der Waals surface area contributed by atoms with Crippen molar-refractivity contribution in [1.82, 2.24) is 29.8 Å². The fourth-order valence-electron chi connectivity index (χ4n) is 3.67. The number of nitrogens with zero attached hydrogens (tertiary/aromatic N) is 6. The lowest BCUT2D eigenvalue weighted by atomic mass is 10.3. The zero-order chi connectivity index (χ0) is 24.2. The molecule has 0 amide bonds. The van der Waals surface area contributed by atoms with Crippen molar-refractivity contribution in [2.75, 3.05) is 30.8 Å². The van der Waals surface area contributed by atoms with Crippen molar-refractivity contribution in [3.05, 3.63) is 65.4 Å². The number of aromatic nitrogens is 5. The third-order valence-electron chi connectivity index (χ3n) is 5.38. The van der Waals surface area contributed by atoms with E-state index in [-0.39, 0.29) is 12.1 Å². The van der Waals surface area contributed by atoms with Gasteiger partial charge in [0.15, 0.2) is 5.82 Å². The molecule has 2 N–H and O–H groups in total. The second-order valence-corrected chi connectivity index (χ2v) is 9.13. The topological polar surface area (TPSA) is 118 Å². The summed E-state index contributed by atoms with van der Waals surface area (Å²) in [6.07, 6.45) is 4.12. The number of esters is 1. The smallest absolute Gasteiger partial charge is 0.339 e. The van der Waals surface area contributed by atoms with Gasteiger partial charge in [0.05, 0.1) is 10.6 Å². The molecule has 178 valence electrons. The molecule has 35 heavy (non-hydrogen) atoms. The van der Waals surface area contributed by atoms with E-state index in [4.69, 9.17) is 4.74 Å². The molecule has 5 rings (SSSR count). The van der Waals surface area contributed by atoms with Gasteiger partial charge in [-0.2, -0.15) is 4.98 Å². The molecule has 4 aromatic rings. The first kappa shape index (κ1) is 22.8. The number of carbonyl (C=O) groups excluding carboxylic acids is 1. The summed E-state index contributed by atoms with van der Waals surface area (Å²) in [5.74, 6) is 1.75. The van der Waals surface area contributed by atoms with Crippen LogP contribution < -0.4 is 10.6 Å². The zero-order valence-electron chi connectivity index (χ0n) is 19.3. The van der Waals surface area contributed by atoms with Gasteiger partial charge in [0, 0.05) is 36.6 Å². The highest BCUT2D eigenvalue weighted by atomic mass is 32.1. The van der Waals surface area contributed by atoms with E-state index in [1.165, 1.54) is 11.3 Å². The van der Waals surface area contributed by atoms with Crippen molar-refractivity contribution in [2.24, 2.45) is 0 Å². The minimum atomic E-state index is -0.311. The van der Waals surface area contributed by atoms with Crippen molar-refractivity contribution in [3.8, 4) is 11.5 Å². The highest BCUT2D eigenvalue weighted by molar-refractivity contribution is 7.14. The molecule has 5 heterocycles. The predicted molar refractivity (Wildman–Crippen MR) is 134 cm³/mol. The minimum absolute atomic E-state index is 0.0566. The van der Waals surface area contributed by atoms with Crippen LogP contribution >= 0.6 is 11.3 Å². The Bertz CT molecular complexity index is 1340. The Hall–Kier alpha value is -3.96. The third-order valence-corrected chi connectivity index (χ3v) is 6.22. The number of pyridine rings is 1. The maximum absolute atomic E-state index is 12.5. The van der Waals surface area contributed by atoms with Gasteiger partial charge in [-0.15, -0.1) is 11.3 Å². The lowest BCUT2D eigenvalue weighted by Crippen LogP contribution is -2.22. The van der Waals surface area contributed by atoms with Crippen LogP contribution in [0.4, 0.5) is 22.6 Å². The lowest BCUT2D eigenvalue weighted by molar-refractivity contribution is 0.0328. The number of nitrogens with one attached hydrogen (secondary N) is 2. The molecule has 1 fully saturated rings. The molecule has 0 aliphatic carbocycles. The molecule has 0 bridgehead atoms. The summed E-state index contributed by atoms with van der Waals surface area (Å²) in [6, 6.07) is 11.0. The van der Waals surface area contributed by atoms with Gasteiger partial charge in [0.1, 0.15) is 23.4 Å². The first-order valence-electron chi connectivity index (χ1n) is 11.1. The standard InChI is InChI=1S/C24H24N8O2S/c1-15-4-3-5-18(27-15)22-25-9-6-19(29-22)28-20-7-10-26-24(30-20)31-21-12-16(14-35-21)23(33)34-17-8-11-32(2)13-17/h3-7,9-10,12,14,17H,8,11,13H2,1-2H3,(H2,25,26,28,29,30,31)/t17-/m0/s1. The minimum Gasteiger partial charge on any atom is -0.457 e. The number of hydrogen-bond donors (Lipinski definition) is 2. The van der Waals surface area contributed by atoms with E-state index in [0.29, 0.717) is 34.7 Å². The summed E-state index contributed by atoms with van der Waals surface area (Å²) >= 11 is 1.39. The zero-order valence-corrected chi connectivity index (χ0v) is 20.1. The van der Waals surface area contributed by atoms with Gasteiger partial charge in [-0.05, 0) is 50.7 Å². The van der Waals surface area contributed by atoms with Crippen LogP contribution in [0.25, 0.3) is 11.5 Å². The molecule has 1 atom stereocenters. The van der Waals surface area contributed by atoms with Crippen molar-refractivity contribution < 1.29 is 9.53 Å². The highest BCUT2D eigenvalue weighted by Crippen LogP contribution is 2.25. The number of likely N-dealkylation sites (tertiary alicyclic amines) is 1. The molecule has 4 aromatic heterocycles. The number of thiophene rings is 1. The van der Waals surface area contributed by atoms with Crippen LogP contribution in [0, 0.1) is 6.92 Å². The Morgan fingerprint density at radius 3 is 2.71 bits per heavy atom. The molecule has 1 aliphatic heterocycles. The summed E-state index contributed by atoms with van der Waals surface area (Å²) in [6.45, 7) is 3.63. The van der Waals surface area contributed by atoms with Crippen LogP contribution in [0.1, 0.15) is 22.5 Å². The molecule has 1 aliphatic rings. The summed E-state index contributed by atoms with van der Waals surface area (Å²) in [5.41, 5.74) is 2.11. The quantitative estimate of drug-likeness (QED) is 0.369. The normalized spacial score (nSPS) is 15.7. The third kappa shape index (κ3) is 5.76. The number of anilines is 4. The fourth-order valence-corrected chi connectivity index (χ4v) is 4.43. The molecule has 10 nitrogen and oxygen atoms in total. The average molecular weight is 489 g/mol. The Balaban J connectivity index is 1.24. The van der Waals surface area contributed by atoms with Gasteiger partial charge < -0.3 is 20.3 Å². The van der Waals surface area contributed by atoms with E-state index >= 15 is 0 Å². The Kier molecular flexibility index (Phi) is 6.59. The monoisotopic (exact) mass is 488 g/mol. The maximum Gasteiger partial charge on any atom is 0.339 e. The van der Waals surface area contributed by atoms with Crippen LogP contribution in [0.2, 0.25) is 0 Å². The van der Waals surface area contributed by atoms with E-state index in [0.717, 1.165) is 30.2 Å². The Morgan fingerprint density at radius 2 is 1.91 bits per heavy atom. The van der Waals surface area contributed by atoms with E-state index in [9.17, 15) is 4.79 Å². The molecule has 0 spiro atoms. The number of likely N-dealkylation sites (N-methyl/N-ethyl adjacent to an activating group) is 1. The number of aryl methyl sites for hydroxylation is 1. The maximum atomic E-state index is 12.5. The lowest BCUT2D eigenvalue weighted by Gasteiger charge is -2.11. The first-order valence-corrected chi connectivity index (χ1v) is 12.0. The molecule has 0 unspecified atom stereocenters. The molecule has 0 radical (unpaired) electrons. The van der Waals surface area contributed by atoms with Gasteiger partial charge in [0.25, 0.3) is 0 Å². The van der Waals surface area contributed by atoms with Gasteiger partial charge in [-0.25, -0.2) is 24.7 Å². The van der Waals surface area contributed by atoms with Gasteiger partial charge in [0.2, 0.25) is 5.95 Å². The Labute approximate surface area is 206 Å². The second kappa shape index (κ2) is 10.1. The Morgan fingerprint density at radius 1 is 1.09 bits per heavy atom. The predicted octanol–water partition coefficient (Wildman–Crippen LogP) is 4.05. The summed E-state index contributed by atoms with van der Waals surface area (Å²) in [7, 11) is 2.02. The molecular formula is C24H24N8O2S. The van der Waals surface area contributed by atoms with Gasteiger partial charge in [-0.1, -0.05) is 6.07 Å². The SMILES string of the molecule is Cc1cccc(-c2nccc(Nc3ccnc(Nc4cc(C(=O)O[C@H]5CCN(C)C5)cs4)n3)n2)n1. The van der Waals surface area contributed by atoms with Crippen LogP contribution in [0.5, 0.6) is 0 Å². The number of hydrogen-bond acceptors (Lipinski definition) is 11. The van der Waals surface area contributed by atoms with Crippen LogP contribution in [0.15, 0.2) is 54.2 Å². The van der Waals surface area contributed by atoms with Crippen molar-refractivity contribution in [1.29, 1.82) is 0 Å². The average Bonchev–Trinajstić information content (AvgIpc) is 3.48. The molecule has 11 heteroatoms. The number of carbonyl (C=O) groups is 1. The van der Waals surface area contributed by atoms with Crippen LogP contribution in [0.3, 0.4) is 0 Å². The second-order valence-electron chi connectivity index (χ2n) is 8.22. The van der Waals surface area contributed by atoms with Crippen molar-refractivity contribution in [2.45, 2.75) is 19.4 Å². The van der Waals surface area contributed by atoms with Crippen molar-refractivity contribution >= 4 is 39.9 Å². The first-order chi connectivity index (χ1) is 17.0. The summed E-state index contributed by atoms with van der Waals surface area (Å²) in [4.78, 5) is 36.7. The molecule has 0 aromatic carbocycles. The summed E-state index contributed by atoms with van der Waals surface area (Å²) < 4.78 is 5.61. The highest BCUT2D eigenvalue weighted by Gasteiger charge is 2.24. The van der Waals surface area contributed by atoms with E-state index in [2.05, 4.69) is 40.5 Å². The molecule has 1 saturated heterocycles. The fraction of sp³-hybridized carbons (Fsp3) is 0.250. The molecule has 0 saturated carbocycles. The van der Waals surface area contributed by atoms with Crippen LogP contribution in [-0.4, -0.2) is 62.0 Å². The van der Waals surface area contributed by atoms with Crippen molar-refractivity contribution in [3.63, 3.8) is 0 Å². The number of ether oxygens (including phenoxy) is 1. The van der Waals surface area contributed by atoms with Gasteiger partial charge >= 0.3 is 5.97 Å².